The number of rotatable bonds is 5. The first kappa shape index (κ1) is 24.2. The maximum absolute atomic E-state index is 7.11. The van der Waals surface area contributed by atoms with Gasteiger partial charge in [0, 0.05) is 12.0 Å². The van der Waals surface area contributed by atoms with Crippen molar-refractivity contribution in [3.05, 3.63) is 0 Å². The van der Waals surface area contributed by atoms with Gasteiger partial charge in [-0.05, 0) is 112 Å². The summed E-state index contributed by atoms with van der Waals surface area (Å²) in [6.07, 6.45) is 10.2. The molecule has 0 N–H and O–H groups in total. The van der Waals surface area contributed by atoms with Gasteiger partial charge in [-0.25, -0.2) is 0 Å². The summed E-state index contributed by atoms with van der Waals surface area (Å²) in [7, 11) is 1.69. The molecule has 5 nitrogen and oxygen atoms in total. The fourth-order valence-corrected chi connectivity index (χ4v) is 9.96. The molecule has 6 heteroatoms. The second kappa shape index (κ2) is 8.72. The van der Waals surface area contributed by atoms with E-state index in [9.17, 15) is 0 Å². The molecular weight excluding hydrogens is 416 g/mol. The van der Waals surface area contributed by atoms with E-state index in [1.807, 2.05) is 0 Å². The lowest BCUT2D eigenvalue weighted by atomic mass is 9.44. The quantitative estimate of drug-likeness (QED) is 0.266. The van der Waals surface area contributed by atoms with E-state index in [1.54, 1.807) is 14.2 Å². The van der Waals surface area contributed by atoms with Crippen LogP contribution in [-0.4, -0.2) is 40.1 Å². The molecule has 182 valence electrons. The van der Waals surface area contributed by atoms with Crippen LogP contribution in [0.4, 0.5) is 0 Å². The fourth-order valence-electron chi connectivity index (χ4n) is 8.82. The molecule has 0 aromatic carbocycles. The van der Waals surface area contributed by atoms with Crippen molar-refractivity contribution < 1.29 is 14.1 Å². The summed E-state index contributed by atoms with van der Waals surface area (Å²) in [4.78, 5) is 10.4. The topological polar surface area (TPSA) is 52.4 Å². The Balaban J connectivity index is 1.70. The number of hydrogen-bond acceptors (Lipinski definition) is 5. The summed E-state index contributed by atoms with van der Waals surface area (Å²) in [5.74, 6) is 3.41. The van der Waals surface area contributed by atoms with E-state index in [1.165, 1.54) is 49.9 Å². The lowest BCUT2D eigenvalue weighted by molar-refractivity contribution is -0.153. The van der Waals surface area contributed by atoms with E-state index in [0.29, 0.717) is 29.3 Å². The van der Waals surface area contributed by atoms with Gasteiger partial charge in [-0.1, -0.05) is 24.2 Å². The van der Waals surface area contributed by atoms with Gasteiger partial charge in [0.25, 0.3) is 0 Å². The van der Waals surface area contributed by atoms with Crippen molar-refractivity contribution in [2.45, 2.75) is 97.9 Å². The minimum absolute atomic E-state index is 0.262. The van der Waals surface area contributed by atoms with Gasteiger partial charge in [-0.2, -0.15) is 0 Å². The predicted molar refractivity (Wildman–Crippen MR) is 133 cm³/mol. The zero-order valence-electron chi connectivity index (χ0n) is 21.7. The van der Waals surface area contributed by atoms with Crippen molar-refractivity contribution in [2.24, 2.45) is 50.7 Å². The highest BCUT2D eigenvalue weighted by Crippen LogP contribution is 2.68. The van der Waals surface area contributed by atoms with Crippen LogP contribution in [0.2, 0.25) is 19.6 Å². The molecule has 0 aromatic heterocycles. The van der Waals surface area contributed by atoms with Crippen LogP contribution in [0.25, 0.3) is 0 Å². The molecule has 4 fully saturated rings. The average Bonchev–Trinajstić information content (AvgIpc) is 3.04. The fraction of sp³-hybridized carbons (Fsp3) is 0.923. The molecule has 4 rings (SSSR count). The summed E-state index contributed by atoms with van der Waals surface area (Å²) in [5, 5.41) is 8.78. The second-order valence-electron chi connectivity index (χ2n) is 12.6. The van der Waals surface area contributed by atoms with Gasteiger partial charge in [-0.3, -0.25) is 0 Å². The molecule has 0 radical (unpaired) electrons. The molecule has 4 aliphatic rings. The monoisotopic (exact) mass is 462 g/mol. The lowest BCUT2D eigenvalue weighted by Crippen LogP contribution is -2.61. The van der Waals surface area contributed by atoms with Gasteiger partial charge >= 0.3 is 0 Å². The van der Waals surface area contributed by atoms with Crippen LogP contribution in [0.1, 0.15) is 72.1 Å². The lowest BCUT2D eigenvalue weighted by Gasteiger charge is -2.63. The van der Waals surface area contributed by atoms with Crippen molar-refractivity contribution in [1.82, 2.24) is 0 Å². The maximum Gasteiger partial charge on any atom is 0.184 e. The Bertz CT molecular complexity index is 763. The van der Waals surface area contributed by atoms with Gasteiger partial charge in [0.05, 0.1) is 11.4 Å². The Hall–Kier alpha value is -0.883. The normalized spacial score (nSPS) is 45.8. The number of oxime groups is 2. The van der Waals surface area contributed by atoms with Crippen molar-refractivity contribution in [1.29, 1.82) is 0 Å². The first-order valence-electron chi connectivity index (χ1n) is 12.9. The van der Waals surface area contributed by atoms with Crippen LogP contribution in [-0.2, 0) is 14.1 Å². The molecule has 4 aliphatic carbocycles. The first-order chi connectivity index (χ1) is 15.0. The molecular formula is C26H46N2O3Si. The van der Waals surface area contributed by atoms with Gasteiger partial charge in [0.1, 0.15) is 14.2 Å². The van der Waals surface area contributed by atoms with E-state index >= 15 is 0 Å². The highest BCUT2D eigenvalue weighted by Gasteiger charge is 2.64. The van der Waals surface area contributed by atoms with Gasteiger partial charge in [-0.15, -0.1) is 0 Å². The highest BCUT2D eigenvalue weighted by molar-refractivity contribution is 6.69. The van der Waals surface area contributed by atoms with Gasteiger partial charge in [0.2, 0.25) is 0 Å². The standard InChI is InChI=1S/C26H46N2O3Si/c1-17(27-29-4)21-11-12-22-20-10-9-18-15-19(28-30-5)13-14-25(18,2)24(20)23(16-26(21,22)3)31-32(6,7)8/h18,20-24H,9-16H2,1-8H3/t18-,20?,21+,22?,23-,24?,25-,26+/m0/s1. The smallest absolute Gasteiger partial charge is 0.184 e. The summed E-state index contributed by atoms with van der Waals surface area (Å²) < 4.78 is 7.11. The van der Waals surface area contributed by atoms with E-state index in [4.69, 9.17) is 14.1 Å². The Morgan fingerprint density at radius 1 is 1.00 bits per heavy atom. The highest BCUT2D eigenvalue weighted by atomic mass is 28.4. The number of nitrogens with zero attached hydrogens (tertiary/aromatic N) is 2. The van der Waals surface area contributed by atoms with Crippen LogP contribution in [0.3, 0.4) is 0 Å². The van der Waals surface area contributed by atoms with Crippen LogP contribution in [0.15, 0.2) is 10.3 Å². The second-order valence-corrected chi connectivity index (χ2v) is 17.1. The molecule has 0 bridgehead atoms. The average molecular weight is 463 g/mol. The molecule has 0 amide bonds. The molecule has 4 saturated carbocycles. The largest absolute Gasteiger partial charge is 0.414 e. The Labute approximate surface area is 196 Å². The zero-order valence-corrected chi connectivity index (χ0v) is 22.7. The van der Waals surface area contributed by atoms with Crippen molar-refractivity contribution >= 4 is 19.7 Å². The zero-order chi connectivity index (χ0) is 23.3. The molecule has 0 spiro atoms. The summed E-state index contributed by atoms with van der Waals surface area (Å²) >= 11 is 0. The number of hydrogen-bond donors (Lipinski definition) is 0. The Morgan fingerprint density at radius 3 is 2.41 bits per heavy atom. The number of fused-ring (bicyclic) bond motifs is 5. The minimum Gasteiger partial charge on any atom is -0.414 e. The van der Waals surface area contributed by atoms with Crippen molar-refractivity contribution in [3.8, 4) is 0 Å². The van der Waals surface area contributed by atoms with E-state index < -0.39 is 8.32 Å². The van der Waals surface area contributed by atoms with Gasteiger partial charge in [0.15, 0.2) is 8.32 Å². The van der Waals surface area contributed by atoms with Crippen LogP contribution >= 0.6 is 0 Å². The molecule has 0 heterocycles. The van der Waals surface area contributed by atoms with Crippen LogP contribution in [0, 0.1) is 40.4 Å². The maximum atomic E-state index is 7.11. The molecule has 0 aliphatic heterocycles. The van der Waals surface area contributed by atoms with E-state index in [2.05, 4.69) is 50.7 Å². The predicted octanol–water partition coefficient (Wildman–Crippen LogP) is 6.50. The van der Waals surface area contributed by atoms with Crippen LogP contribution < -0.4 is 0 Å². The first-order valence-corrected chi connectivity index (χ1v) is 16.3. The Morgan fingerprint density at radius 2 is 1.75 bits per heavy atom. The molecule has 0 aromatic rings. The third-order valence-corrected chi connectivity index (χ3v) is 10.9. The summed E-state index contributed by atoms with van der Waals surface area (Å²) in [6.45, 7) is 14.4. The molecule has 0 saturated heterocycles. The molecule has 3 unspecified atom stereocenters. The SMILES string of the molecule is CON=C1CC[C@]2(C)C3C(CC[C@H]2C1)C1CC[C@H](C(C)=NOC)[C@@]1(C)C[C@@H]3O[Si](C)(C)C. The van der Waals surface area contributed by atoms with Crippen molar-refractivity contribution in [3.63, 3.8) is 0 Å². The Kier molecular flexibility index (Phi) is 6.61. The molecule has 8 atom stereocenters. The van der Waals surface area contributed by atoms with Crippen LogP contribution in [0.5, 0.6) is 0 Å². The van der Waals surface area contributed by atoms with Gasteiger partial charge < -0.3 is 14.1 Å². The van der Waals surface area contributed by atoms with Crippen molar-refractivity contribution in [2.75, 3.05) is 14.2 Å². The van der Waals surface area contributed by atoms with E-state index in [0.717, 1.165) is 24.7 Å². The summed E-state index contributed by atoms with van der Waals surface area (Å²) in [6, 6.07) is 0. The minimum atomic E-state index is -1.68. The third-order valence-electron chi connectivity index (χ3n) is 9.87. The van der Waals surface area contributed by atoms with E-state index in [-0.39, 0.29) is 5.41 Å². The summed E-state index contributed by atoms with van der Waals surface area (Å²) in [5.41, 5.74) is 3.05. The third kappa shape index (κ3) is 4.08. The molecule has 32 heavy (non-hydrogen) atoms.